The summed E-state index contributed by atoms with van der Waals surface area (Å²) in [6.45, 7) is 0.541. The minimum absolute atomic E-state index is 0.159. The number of carbonyl (C=O) groups excluding carboxylic acids is 2. The van der Waals surface area contributed by atoms with Crippen LogP contribution in [0.25, 0.3) is 0 Å². The van der Waals surface area contributed by atoms with E-state index in [-0.39, 0.29) is 12.7 Å². The van der Waals surface area contributed by atoms with Crippen molar-refractivity contribution in [2.45, 2.75) is 6.04 Å². The first-order chi connectivity index (χ1) is 9.70. The second-order valence-electron chi connectivity index (χ2n) is 4.43. The first-order valence-corrected chi connectivity index (χ1v) is 6.15. The normalized spacial score (nSPS) is 17.4. The van der Waals surface area contributed by atoms with Crippen LogP contribution in [-0.4, -0.2) is 37.2 Å². The van der Waals surface area contributed by atoms with Crippen LogP contribution >= 0.6 is 0 Å². The maximum Gasteiger partial charge on any atom is 0.333 e. The summed E-state index contributed by atoms with van der Waals surface area (Å²) >= 11 is 0. The molecule has 2 heterocycles. The van der Waals surface area contributed by atoms with Crippen LogP contribution in [0.1, 0.15) is 11.6 Å². The van der Waals surface area contributed by atoms with Gasteiger partial charge in [-0.05, 0) is 17.7 Å². The van der Waals surface area contributed by atoms with Gasteiger partial charge in [-0.15, -0.1) is 0 Å². The SMILES string of the molecule is COC(=O)[C@H](c1ccc2c(c1)OCO2)N1CC=CC1=O. The van der Waals surface area contributed by atoms with Crippen LogP contribution in [-0.2, 0) is 14.3 Å². The first kappa shape index (κ1) is 12.5. The summed E-state index contributed by atoms with van der Waals surface area (Å²) in [5.74, 6) is 0.498. The Hall–Kier alpha value is -2.50. The Morgan fingerprint density at radius 2 is 2.15 bits per heavy atom. The number of carbonyl (C=O) groups is 2. The van der Waals surface area contributed by atoms with Gasteiger partial charge in [-0.3, -0.25) is 4.79 Å². The van der Waals surface area contributed by atoms with Crippen molar-refractivity contribution < 1.29 is 23.8 Å². The molecule has 1 amide bonds. The second-order valence-corrected chi connectivity index (χ2v) is 4.43. The molecule has 0 aliphatic carbocycles. The predicted molar refractivity (Wildman–Crippen MR) is 68.2 cm³/mol. The molecule has 1 atom stereocenters. The van der Waals surface area contributed by atoms with Crippen LogP contribution < -0.4 is 9.47 Å². The maximum absolute atomic E-state index is 12.0. The van der Waals surface area contributed by atoms with Gasteiger partial charge in [0.2, 0.25) is 12.7 Å². The van der Waals surface area contributed by atoms with E-state index in [1.807, 2.05) is 0 Å². The van der Waals surface area contributed by atoms with Crippen molar-refractivity contribution in [2.24, 2.45) is 0 Å². The van der Waals surface area contributed by atoms with Crippen LogP contribution in [0.4, 0.5) is 0 Å². The molecule has 0 unspecified atom stereocenters. The van der Waals surface area contributed by atoms with E-state index in [4.69, 9.17) is 14.2 Å². The van der Waals surface area contributed by atoms with Gasteiger partial charge in [-0.2, -0.15) is 0 Å². The molecule has 0 bridgehead atoms. The standard InChI is InChI=1S/C14H13NO5/c1-18-14(17)13(15-6-2-3-12(15)16)9-4-5-10-11(7-9)20-8-19-10/h2-5,7,13H,6,8H2,1H3/t13-/m0/s1. The molecule has 0 saturated heterocycles. The fourth-order valence-corrected chi connectivity index (χ4v) is 2.32. The van der Waals surface area contributed by atoms with E-state index in [9.17, 15) is 9.59 Å². The third-order valence-corrected chi connectivity index (χ3v) is 3.29. The van der Waals surface area contributed by atoms with Crippen molar-refractivity contribution in [3.8, 4) is 11.5 Å². The minimum atomic E-state index is -0.781. The van der Waals surface area contributed by atoms with Gasteiger partial charge in [-0.25, -0.2) is 4.79 Å². The number of amides is 1. The van der Waals surface area contributed by atoms with Gasteiger partial charge in [0.1, 0.15) is 0 Å². The van der Waals surface area contributed by atoms with Crippen molar-refractivity contribution >= 4 is 11.9 Å². The Morgan fingerprint density at radius 1 is 1.35 bits per heavy atom. The summed E-state index contributed by atoms with van der Waals surface area (Å²) in [5.41, 5.74) is 0.637. The summed E-state index contributed by atoms with van der Waals surface area (Å²) in [6, 6.07) is 4.38. The number of ether oxygens (including phenoxy) is 3. The number of nitrogens with zero attached hydrogens (tertiary/aromatic N) is 1. The molecule has 1 aromatic rings. The summed E-state index contributed by atoms with van der Waals surface area (Å²) in [6.07, 6.45) is 3.16. The number of hydrogen-bond donors (Lipinski definition) is 0. The van der Waals surface area contributed by atoms with Gasteiger partial charge in [-0.1, -0.05) is 12.1 Å². The summed E-state index contributed by atoms with van der Waals surface area (Å²) in [7, 11) is 1.30. The highest BCUT2D eigenvalue weighted by atomic mass is 16.7. The van der Waals surface area contributed by atoms with Crippen LogP contribution in [0.2, 0.25) is 0 Å². The van der Waals surface area contributed by atoms with Crippen LogP contribution in [0, 0.1) is 0 Å². The molecule has 0 aromatic heterocycles. The molecular weight excluding hydrogens is 262 g/mol. The van der Waals surface area contributed by atoms with Crippen molar-refractivity contribution in [3.05, 3.63) is 35.9 Å². The lowest BCUT2D eigenvalue weighted by Gasteiger charge is -2.25. The highest BCUT2D eigenvalue weighted by molar-refractivity contribution is 5.94. The lowest BCUT2D eigenvalue weighted by molar-refractivity contribution is -0.150. The zero-order chi connectivity index (χ0) is 14.1. The molecule has 0 N–H and O–H groups in total. The zero-order valence-corrected chi connectivity index (χ0v) is 10.9. The predicted octanol–water partition coefficient (Wildman–Crippen LogP) is 1.03. The van der Waals surface area contributed by atoms with Gasteiger partial charge in [0.15, 0.2) is 17.5 Å². The second kappa shape index (κ2) is 4.88. The largest absolute Gasteiger partial charge is 0.467 e. The minimum Gasteiger partial charge on any atom is -0.467 e. The highest BCUT2D eigenvalue weighted by Crippen LogP contribution is 2.36. The van der Waals surface area contributed by atoms with Crippen molar-refractivity contribution in [2.75, 3.05) is 20.4 Å². The van der Waals surface area contributed by atoms with Gasteiger partial charge < -0.3 is 19.1 Å². The van der Waals surface area contributed by atoms with Crippen molar-refractivity contribution in [3.63, 3.8) is 0 Å². The van der Waals surface area contributed by atoms with Crippen molar-refractivity contribution in [1.29, 1.82) is 0 Å². The molecule has 6 nitrogen and oxygen atoms in total. The molecule has 0 radical (unpaired) electrons. The van der Waals surface area contributed by atoms with E-state index < -0.39 is 12.0 Å². The zero-order valence-electron chi connectivity index (χ0n) is 10.9. The number of benzene rings is 1. The Bertz CT molecular complexity index is 595. The smallest absolute Gasteiger partial charge is 0.333 e. The molecule has 6 heteroatoms. The molecular formula is C14H13NO5. The molecule has 20 heavy (non-hydrogen) atoms. The molecule has 104 valence electrons. The lowest BCUT2D eigenvalue weighted by atomic mass is 10.0. The van der Waals surface area contributed by atoms with Gasteiger partial charge in [0.05, 0.1) is 7.11 Å². The number of hydrogen-bond acceptors (Lipinski definition) is 5. The number of methoxy groups -OCH3 is 1. The summed E-state index contributed by atoms with van der Waals surface area (Å²) in [5, 5.41) is 0. The Morgan fingerprint density at radius 3 is 2.85 bits per heavy atom. The lowest BCUT2D eigenvalue weighted by Crippen LogP contribution is -2.36. The average molecular weight is 275 g/mol. The summed E-state index contributed by atoms with van der Waals surface area (Å²) in [4.78, 5) is 25.3. The number of esters is 1. The quantitative estimate of drug-likeness (QED) is 0.771. The van der Waals surface area contributed by atoms with E-state index in [2.05, 4.69) is 0 Å². The van der Waals surface area contributed by atoms with Crippen molar-refractivity contribution in [1.82, 2.24) is 4.90 Å². The Labute approximate surface area is 115 Å². The van der Waals surface area contributed by atoms with E-state index in [0.717, 1.165) is 0 Å². The summed E-state index contributed by atoms with van der Waals surface area (Å²) < 4.78 is 15.3. The van der Waals surface area contributed by atoms with E-state index in [0.29, 0.717) is 23.6 Å². The van der Waals surface area contributed by atoms with Gasteiger partial charge in [0.25, 0.3) is 0 Å². The fraction of sp³-hybridized carbons (Fsp3) is 0.286. The maximum atomic E-state index is 12.0. The molecule has 3 rings (SSSR count). The molecule has 2 aliphatic heterocycles. The molecule has 0 spiro atoms. The number of rotatable bonds is 3. The van der Waals surface area contributed by atoms with Crippen LogP contribution in [0.5, 0.6) is 11.5 Å². The van der Waals surface area contributed by atoms with E-state index >= 15 is 0 Å². The average Bonchev–Trinajstić information content (AvgIpc) is 3.08. The molecule has 0 saturated carbocycles. The topological polar surface area (TPSA) is 65.1 Å². The van der Waals surface area contributed by atoms with Gasteiger partial charge >= 0.3 is 5.97 Å². The van der Waals surface area contributed by atoms with E-state index in [1.54, 1.807) is 24.3 Å². The fourth-order valence-electron chi connectivity index (χ4n) is 2.32. The van der Waals surface area contributed by atoms with Crippen LogP contribution in [0.15, 0.2) is 30.4 Å². The number of fused-ring (bicyclic) bond motifs is 1. The molecule has 0 fully saturated rings. The highest BCUT2D eigenvalue weighted by Gasteiger charge is 2.33. The first-order valence-electron chi connectivity index (χ1n) is 6.15. The third-order valence-electron chi connectivity index (χ3n) is 3.29. The monoisotopic (exact) mass is 275 g/mol. The Kier molecular flexibility index (Phi) is 3.06. The third kappa shape index (κ3) is 1.99. The van der Waals surface area contributed by atoms with Gasteiger partial charge in [0, 0.05) is 12.6 Å². The van der Waals surface area contributed by atoms with Crippen LogP contribution in [0.3, 0.4) is 0 Å². The molecule has 2 aliphatic rings. The van der Waals surface area contributed by atoms with E-state index in [1.165, 1.54) is 18.1 Å². The Balaban J connectivity index is 1.97. The molecule has 1 aromatic carbocycles.